The molecular formula is C12H14BrNO3. The monoisotopic (exact) mass is 299 g/mol. The molecule has 0 spiro atoms. The van der Waals surface area contributed by atoms with E-state index in [0.717, 1.165) is 4.47 Å². The molecule has 4 nitrogen and oxygen atoms in total. The number of benzene rings is 1. The molecule has 0 saturated carbocycles. The van der Waals surface area contributed by atoms with Crippen molar-refractivity contribution in [2.75, 3.05) is 18.5 Å². The van der Waals surface area contributed by atoms with Gasteiger partial charge in [0, 0.05) is 15.7 Å². The van der Waals surface area contributed by atoms with Crippen LogP contribution in [0.1, 0.15) is 24.2 Å². The Labute approximate surface area is 108 Å². The van der Waals surface area contributed by atoms with Crippen LogP contribution in [0.3, 0.4) is 0 Å². The van der Waals surface area contributed by atoms with E-state index in [0.29, 0.717) is 17.9 Å². The summed E-state index contributed by atoms with van der Waals surface area (Å²) in [5.41, 5.74) is 1.18. The second-order valence-corrected chi connectivity index (χ2v) is 4.32. The summed E-state index contributed by atoms with van der Waals surface area (Å²) in [6.07, 6.45) is 0. The van der Waals surface area contributed by atoms with Crippen molar-refractivity contribution >= 4 is 33.4 Å². The molecule has 1 aromatic rings. The van der Waals surface area contributed by atoms with Gasteiger partial charge in [0.25, 0.3) is 0 Å². The summed E-state index contributed by atoms with van der Waals surface area (Å²) < 4.78 is 5.62. The van der Waals surface area contributed by atoms with E-state index >= 15 is 0 Å². The Bertz CT molecular complexity index is 432. The molecule has 92 valence electrons. The number of hydrogen-bond acceptors (Lipinski definition) is 4. The molecule has 0 aliphatic rings. The maximum atomic E-state index is 11.4. The van der Waals surface area contributed by atoms with E-state index in [1.807, 2.05) is 0 Å². The highest BCUT2D eigenvalue weighted by Gasteiger charge is 2.09. The first-order chi connectivity index (χ1) is 8.04. The maximum Gasteiger partial charge on any atom is 0.325 e. The topological polar surface area (TPSA) is 55.4 Å². The van der Waals surface area contributed by atoms with E-state index in [1.54, 1.807) is 25.1 Å². The standard InChI is InChI=1S/C12H14BrNO3/c1-3-17-12(16)7-14-11-5-4-9(13)6-10(11)8(2)15/h4-6,14H,3,7H2,1-2H3. The minimum Gasteiger partial charge on any atom is -0.465 e. The van der Waals surface area contributed by atoms with Crippen LogP contribution in [-0.2, 0) is 9.53 Å². The molecule has 0 saturated heterocycles. The maximum absolute atomic E-state index is 11.4. The van der Waals surface area contributed by atoms with Crippen molar-refractivity contribution < 1.29 is 14.3 Å². The number of anilines is 1. The average Bonchev–Trinajstić information content (AvgIpc) is 2.27. The van der Waals surface area contributed by atoms with Crippen LogP contribution in [0.5, 0.6) is 0 Å². The van der Waals surface area contributed by atoms with Gasteiger partial charge in [0.15, 0.2) is 5.78 Å². The number of nitrogens with one attached hydrogen (secondary N) is 1. The predicted octanol–water partition coefficient (Wildman–Crippen LogP) is 2.63. The van der Waals surface area contributed by atoms with Crippen molar-refractivity contribution in [3.63, 3.8) is 0 Å². The quantitative estimate of drug-likeness (QED) is 0.671. The molecule has 0 radical (unpaired) electrons. The lowest BCUT2D eigenvalue weighted by molar-refractivity contribution is -0.140. The molecule has 0 aromatic heterocycles. The smallest absolute Gasteiger partial charge is 0.325 e. The van der Waals surface area contributed by atoms with Crippen LogP contribution in [0, 0.1) is 0 Å². The number of carbonyl (C=O) groups excluding carboxylic acids is 2. The molecular weight excluding hydrogens is 286 g/mol. The van der Waals surface area contributed by atoms with Gasteiger partial charge in [-0.15, -0.1) is 0 Å². The first-order valence-electron chi connectivity index (χ1n) is 5.24. The molecule has 0 heterocycles. The lowest BCUT2D eigenvalue weighted by Crippen LogP contribution is -2.17. The lowest BCUT2D eigenvalue weighted by atomic mass is 10.1. The first kappa shape index (κ1) is 13.7. The van der Waals surface area contributed by atoms with Gasteiger partial charge >= 0.3 is 5.97 Å². The fraction of sp³-hybridized carbons (Fsp3) is 0.333. The van der Waals surface area contributed by atoms with E-state index < -0.39 is 0 Å². The van der Waals surface area contributed by atoms with Gasteiger partial charge in [-0.1, -0.05) is 15.9 Å². The summed E-state index contributed by atoms with van der Waals surface area (Å²) in [6, 6.07) is 5.27. The van der Waals surface area contributed by atoms with Crippen molar-refractivity contribution in [1.29, 1.82) is 0 Å². The molecule has 0 bridgehead atoms. The van der Waals surface area contributed by atoms with Crippen molar-refractivity contribution in [2.24, 2.45) is 0 Å². The molecule has 0 fully saturated rings. The molecule has 0 aliphatic carbocycles. The van der Waals surface area contributed by atoms with E-state index in [-0.39, 0.29) is 18.3 Å². The highest BCUT2D eigenvalue weighted by atomic mass is 79.9. The Balaban J connectivity index is 2.77. The van der Waals surface area contributed by atoms with Gasteiger partial charge in [0.1, 0.15) is 6.54 Å². The number of halogens is 1. The summed E-state index contributed by atoms with van der Waals surface area (Å²) in [6.45, 7) is 3.63. The highest BCUT2D eigenvalue weighted by molar-refractivity contribution is 9.10. The van der Waals surface area contributed by atoms with E-state index in [4.69, 9.17) is 4.74 Å². The first-order valence-corrected chi connectivity index (χ1v) is 6.04. The third-order valence-electron chi connectivity index (χ3n) is 2.09. The van der Waals surface area contributed by atoms with Crippen LogP contribution >= 0.6 is 15.9 Å². The molecule has 1 N–H and O–H groups in total. The largest absolute Gasteiger partial charge is 0.465 e. The van der Waals surface area contributed by atoms with Crippen LogP contribution < -0.4 is 5.32 Å². The molecule has 0 aliphatic heterocycles. The van der Waals surface area contributed by atoms with E-state index in [2.05, 4.69) is 21.2 Å². The summed E-state index contributed by atoms with van der Waals surface area (Å²) in [4.78, 5) is 22.6. The van der Waals surface area contributed by atoms with Crippen LogP contribution in [0.25, 0.3) is 0 Å². The molecule has 1 aromatic carbocycles. The number of rotatable bonds is 5. The number of Topliss-reactive ketones (excluding diaryl/α,β-unsaturated/α-hetero) is 1. The van der Waals surface area contributed by atoms with Crippen LogP contribution in [0.4, 0.5) is 5.69 Å². The Morgan fingerprint density at radius 1 is 1.41 bits per heavy atom. The SMILES string of the molecule is CCOC(=O)CNc1ccc(Br)cc1C(C)=O. The van der Waals surface area contributed by atoms with Gasteiger partial charge in [0.05, 0.1) is 6.61 Å². The van der Waals surface area contributed by atoms with Gasteiger partial charge in [-0.05, 0) is 32.0 Å². The molecule has 0 atom stereocenters. The van der Waals surface area contributed by atoms with Gasteiger partial charge < -0.3 is 10.1 Å². The second-order valence-electron chi connectivity index (χ2n) is 3.40. The molecule has 5 heteroatoms. The number of esters is 1. The van der Waals surface area contributed by atoms with E-state index in [9.17, 15) is 9.59 Å². The van der Waals surface area contributed by atoms with Gasteiger partial charge in [-0.3, -0.25) is 9.59 Å². The summed E-state index contributed by atoms with van der Waals surface area (Å²) in [5.74, 6) is -0.400. The van der Waals surface area contributed by atoms with Crippen molar-refractivity contribution in [1.82, 2.24) is 0 Å². The third kappa shape index (κ3) is 4.19. The third-order valence-corrected chi connectivity index (χ3v) is 2.58. The zero-order valence-corrected chi connectivity index (χ0v) is 11.3. The Kier molecular flexibility index (Phi) is 5.15. The summed E-state index contributed by atoms with van der Waals surface area (Å²) >= 11 is 3.30. The fourth-order valence-electron chi connectivity index (χ4n) is 1.34. The molecule has 1 rings (SSSR count). The fourth-order valence-corrected chi connectivity index (χ4v) is 1.70. The number of hydrogen-bond donors (Lipinski definition) is 1. The summed E-state index contributed by atoms with van der Waals surface area (Å²) in [5, 5.41) is 2.89. The molecule has 17 heavy (non-hydrogen) atoms. The minimum atomic E-state index is -0.343. The summed E-state index contributed by atoms with van der Waals surface area (Å²) in [7, 11) is 0. The van der Waals surface area contributed by atoms with Crippen molar-refractivity contribution in [3.8, 4) is 0 Å². The average molecular weight is 300 g/mol. The van der Waals surface area contributed by atoms with Gasteiger partial charge in [-0.2, -0.15) is 0 Å². The van der Waals surface area contributed by atoms with Crippen LogP contribution in [0.15, 0.2) is 22.7 Å². The Hall–Kier alpha value is -1.36. The van der Waals surface area contributed by atoms with Gasteiger partial charge in [0.2, 0.25) is 0 Å². The van der Waals surface area contributed by atoms with Crippen LogP contribution in [-0.4, -0.2) is 24.9 Å². The van der Waals surface area contributed by atoms with Crippen molar-refractivity contribution in [2.45, 2.75) is 13.8 Å². The lowest BCUT2D eigenvalue weighted by Gasteiger charge is -2.10. The molecule has 0 unspecified atom stereocenters. The van der Waals surface area contributed by atoms with Gasteiger partial charge in [-0.25, -0.2) is 0 Å². The van der Waals surface area contributed by atoms with Crippen LogP contribution in [0.2, 0.25) is 0 Å². The predicted molar refractivity (Wildman–Crippen MR) is 69.3 cm³/mol. The minimum absolute atomic E-state index is 0.0513. The normalized spacial score (nSPS) is 9.82. The Morgan fingerprint density at radius 3 is 2.71 bits per heavy atom. The second kappa shape index (κ2) is 6.39. The Morgan fingerprint density at radius 2 is 2.12 bits per heavy atom. The van der Waals surface area contributed by atoms with Crippen molar-refractivity contribution in [3.05, 3.63) is 28.2 Å². The number of ketones is 1. The number of ether oxygens (including phenoxy) is 1. The molecule has 0 amide bonds. The highest BCUT2D eigenvalue weighted by Crippen LogP contribution is 2.21. The number of carbonyl (C=O) groups is 2. The zero-order chi connectivity index (χ0) is 12.8. The van der Waals surface area contributed by atoms with E-state index in [1.165, 1.54) is 6.92 Å². The zero-order valence-electron chi connectivity index (χ0n) is 9.75.